The number of hydrogen-bond acceptors (Lipinski definition) is 2. The van der Waals surface area contributed by atoms with Crippen LogP contribution in [0.25, 0.3) is 6.08 Å². The van der Waals surface area contributed by atoms with Gasteiger partial charge < -0.3 is 5.73 Å². The Hall–Kier alpha value is -2.10. The molecule has 3 N–H and O–H groups in total. The number of nitrogens with zero attached hydrogens (tertiary/aromatic N) is 1. The molecule has 2 rings (SSSR count). The number of fused-ring (bicyclic) bond motifs is 1. The van der Waals surface area contributed by atoms with Gasteiger partial charge in [-0.3, -0.25) is 15.1 Å². The van der Waals surface area contributed by atoms with Gasteiger partial charge in [0.05, 0.1) is 0 Å². The van der Waals surface area contributed by atoms with E-state index in [1.807, 2.05) is 18.2 Å². The van der Waals surface area contributed by atoms with Crippen LogP contribution in [0.15, 0.2) is 29.3 Å². The predicted octanol–water partition coefficient (Wildman–Crippen LogP) is 1.25. The number of amides is 1. The minimum absolute atomic E-state index is 0.128. The van der Waals surface area contributed by atoms with E-state index >= 15 is 0 Å². The van der Waals surface area contributed by atoms with Crippen LogP contribution in [0.4, 0.5) is 0 Å². The summed E-state index contributed by atoms with van der Waals surface area (Å²) in [6.45, 7) is 0. The van der Waals surface area contributed by atoms with Gasteiger partial charge in [-0.15, -0.1) is 0 Å². The maximum Gasteiger partial charge on any atom is 0.250 e. The summed E-state index contributed by atoms with van der Waals surface area (Å²) in [6, 6.07) is 6.22. The second-order valence-electron chi connectivity index (χ2n) is 4.27. The van der Waals surface area contributed by atoms with Crippen LogP contribution in [-0.2, 0) is 17.6 Å². The first-order valence-corrected chi connectivity index (χ1v) is 6.03. The van der Waals surface area contributed by atoms with Crippen molar-refractivity contribution in [2.45, 2.75) is 19.3 Å². The second-order valence-corrected chi connectivity index (χ2v) is 4.27. The smallest absolute Gasteiger partial charge is 0.250 e. The number of aryl methyl sites for hydroxylation is 1. The molecule has 0 unspecified atom stereocenters. The molecule has 0 bridgehead atoms. The number of nitrogens with two attached hydrogens (primary N) is 1. The molecule has 0 spiro atoms. The van der Waals surface area contributed by atoms with E-state index in [1.165, 1.54) is 30.7 Å². The topological polar surface area (TPSA) is 67.5 Å². The Morgan fingerprint density at radius 3 is 3.06 bits per heavy atom. The van der Waals surface area contributed by atoms with Crippen molar-refractivity contribution >= 4 is 17.9 Å². The first kappa shape index (κ1) is 12.4. The molecule has 1 aliphatic carbocycles. The first-order valence-electron chi connectivity index (χ1n) is 6.03. The van der Waals surface area contributed by atoms with Crippen LogP contribution in [0.3, 0.4) is 0 Å². The maximum absolute atomic E-state index is 11.5. The predicted molar refractivity (Wildman–Crippen MR) is 73.2 cm³/mol. The molecule has 1 amide bonds. The van der Waals surface area contributed by atoms with Gasteiger partial charge in [0.2, 0.25) is 0 Å². The molecule has 1 aromatic rings. The Bertz CT molecular complexity index is 518. The van der Waals surface area contributed by atoms with Crippen molar-refractivity contribution in [3.05, 3.63) is 41.0 Å². The third kappa shape index (κ3) is 2.77. The number of hydrogen-bond donors (Lipinski definition) is 2. The number of nitrogens with one attached hydrogen (secondary N) is 1. The monoisotopic (exact) mass is 243 g/mol. The molecular weight excluding hydrogens is 226 g/mol. The van der Waals surface area contributed by atoms with E-state index in [4.69, 9.17) is 5.73 Å². The van der Waals surface area contributed by atoms with Crippen LogP contribution in [0.5, 0.6) is 0 Å². The molecule has 18 heavy (non-hydrogen) atoms. The summed E-state index contributed by atoms with van der Waals surface area (Å²) in [6.07, 6.45) is 6.75. The molecule has 0 atom stereocenters. The maximum atomic E-state index is 11.5. The minimum Gasteiger partial charge on any atom is -0.370 e. The first-order chi connectivity index (χ1) is 8.70. The molecule has 4 heteroatoms. The van der Waals surface area contributed by atoms with Crippen LogP contribution >= 0.6 is 0 Å². The van der Waals surface area contributed by atoms with Crippen LogP contribution in [-0.4, -0.2) is 18.9 Å². The summed E-state index contributed by atoms with van der Waals surface area (Å²) in [5.41, 5.74) is 9.29. The highest BCUT2D eigenvalue weighted by Crippen LogP contribution is 2.25. The molecule has 0 saturated carbocycles. The third-order valence-electron chi connectivity index (χ3n) is 3.09. The van der Waals surface area contributed by atoms with Crippen molar-refractivity contribution in [1.82, 2.24) is 5.32 Å². The highest BCUT2D eigenvalue weighted by molar-refractivity contribution is 6.03. The lowest BCUT2D eigenvalue weighted by atomic mass is 10.0. The summed E-state index contributed by atoms with van der Waals surface area (Å²) in [5, 5.41) is 2.47. The van der Waals surface area contributed by atoms with E-state index < -0.39 is 0 Å². The molecule has 0 aliphatic heterocycles. The summed E-state index contributed by atoms with van der Waals surface area (Å²) in [4.78, 5) is 15.2. The molecule has 0 radical (unpaired) electrons. The Morgan fingerprint density at radius 2 is 2.28 bits per heavy atom. The van der Waals surface area contributed by atoms with Crippen molar-refractivity contribution in [3.63, 3.8) is 0 Å². The molecule has 1 aromatic carbocycles. The number of carbonyl (C=O) groups excluding carboxylic acids is 1. The van der Waals surface area contributed by atoms with Gasteiger partial charge >= 0.3 is 0 Å². The highest BCUT2D eigenvalue weighted by atomic mass is 16.1. The van der Waals surface area contributed by atoms with Gasteiger partial charge in [0.15, 0.2) is 5.96 Å². The van der Waals surface area contributed by atoms with Crippen molar-refractivity contribution in [3.8, 4) is 0 Å². The summed E-state index contributed by atoms with van der Waals surface area (Å²) in [7, 11) is 1.53. The summed E-state index contributed by atoms with van der Waals surface area (Å²) in [5.74, 6) is -0.128. The standard InChI is InChI=1S/C14H17N3O/c1-16-14(15)17-13(18)9-8-11-5-2-4-10-6-3-7-12(10)11/h2,4-5,8-9H,3,6-7H2,1H3,(H3,15,16,17,18)/b9-8+. The summed E-state index contributed by atoms with van der Waals surface area (Å²) < 4.78 is 0. The molecular formula is C14H17N3O. The van der Waals surface area contributed by atoms with Gasteiger partial charge in [-0.2, -0.15) is 0 Å². The van der Waals surface area contributed by atoms with Gasteiger partial charge in [-0.25, -0.2) is 0 Å². The largest absolute Gasteiger partial charge is 0.370 e. The molecule has 4 nitrogen and oxygen atoms in total. The molecule has 0 heterocycles. The Kier molecular flexibility index (Phi) is 3.77. The van der Waals surface area contributed by atoms with Gasteiger partial charge in [0.1, 0.15) is 0 Å². The lowest BCUT2D eigenvalue weighted by molar-refractivity contribution is -0.115. The molecule has 1 aliphatic rings. The normalized spacial score (nSPS) is 14.8. The fourth-order valence-corrected chi connectivity index (χ4v) is 2.19. The number of rotatable bonds is 2. The van der Waals surface area contributed by atoms with E-state index in [9.17, 15) is 4.79 Å². The number of aliphatic imine (C=N–C) groups is 1. The Labute approximate surface area is 107 Å². The minimum atomic E-state index is -0.256. The number of benzene rings is 1. The number of guanidine groups is 1. The van der Waals surface area contributed by atoms with Crippen molar-refractivity contribution in [2.24, 2.45) is 10.7 Å². The van der Waals surface area contributed by atoms with E-state index in [0.29, 0.717) is 0 Å². The average molecular weight is 243 g/mol. The lowest BCUT2D eigenvalue weighted by Crippen LogP contribution is -2.35. The fourth-order valence-electron chi connectivity index (χ4n) is 2.19. The molecule has 0 aromatic heterocycles. The van der Waals surface area contributed by atoms with Gasteiger partial charge in [-0.1, -0.05) is 18.2 Å². The highest BCUT2D eigenvalue weighted by Gasteiger charge is 2.12. The van der Waals surface area contributed by atoms with Crippen LogP contribution in [0, 0.1) is 0 Å². The average Bonchev–Trinajstić information content (AvgIpc) is 2.84. The molecule has 0 fully saturated rings. The van der Waals surface area contributed by atoms with Crippen molar-refractivity contribution in [2.75, 3.05) is 7.05 Å². The Morgan fingerprint density at radius 1 is 1.44 bits per heavy atom. The zero-order valence-electron chi connectivity index (χ0n) is 10.4. The van der Waals surface area contributed by atoms with Crippen LogP contribution in [0.1, 0.15) is 23.1 Å². The van der Waals surface area contributed by atoms with Crippen LogP contribution < -0.4 is 11.1 Å². The van der Waals surface area contributed by atoms with Gasteiger partial charge in [0, 0.05) is 13.1 Å². The third-order valence-corrected chi connectivity index (χ3v) is 3.09. The van der Waals surface area contributed by atoms with E-state index in [0.717, 1.165) is 18.4 Å². The zero-order valence-corrected chi connectivity index (χ0v) is 10.4. The van der Waals surface area contributed by atoms with E-state index in [2.05, 4.69) is 16.4 Å². The van der Waals surface area contributed by atoms with E-state index in [-0.39, 0.29) is 11.9 Å². The second kappa shape index (κ2) is 5.49. The quantitative estimate of drug-likeness (QED) is 0.466. The molecule has 94 valence electrons. The van der Waals surface area contributed by atoms with Gasteiger partial charge in [0.25, 0.3) is 5.91 Å². The molecule has 0 saturated heterocycles. The van der Waals surface area contributed by atoms with Crippen LogP contribution in [0.2, 0.25) is 0 Å². The Balaban J connectivity index is 2.10. The SMILES string of the molecule is CN=C(N)NC(=O)/C=C/c1cccc2c1CCC2. The van der Waals surface area contributed by atoms with Gasteiger partial charge in [-0.05, 0) is 42.0 Å². The lowest BCUT2D eigenvalue weighted by Gasteiger charge is -2.03. The summed E-state index contributed by atoms with van der Waals surface area (Å²) >= 11 is 0. The number of carbonyl (C=O) groups is 1. The van der Waals surface area contributed by atoms with E-state index in [1.54, 1.807) is 0 Å². The van der Waals surface area contributed by atoms with Crippen molar-refractivity contribution in [1.29, 1.82) is 0 Å². The zero-order chi connectivity index (χ0) is 13.0. The van der Waals surface area contributed by atoms with Crippen molar-refractivity contribution < 1.29 is 4.79 Å². The fraction of sp³-hybridized carbons (Fsp3) is 0.286.